The van der Waals surface area contributed by atoms with Crippen molar-refractivity contribution < 1.29 is 4.74 Å². The smallest absolute Gasteiger partial charge is 0.165 e. The van der Waals surface area contributed by atoms with E-state index in [1.165, 1.54) is 0 Å². The molecule has 0 aromatic carbocycles. The van der Waals surface area contributed by atoms with Crippen molar-refractivity contribution in [2.75, 3.05) is 19.7 Å². The molecule has 0 radical (unpaired) electrons. The van der Waals surface area contributed by atoms with E-state index in [1.54, 1.807) is 0 Å². The minimum absolute atomic E-state index is 0.110. The van der Waals surface area contributed by atoms with Crippen molar-refractivity contribution in [2.24, 2.45) is 0 Å². The molecule has 1 saturated heterocycles. The van der Waals surface area contributed by atoms with E-state index in [2.05, 4.69) is 37.4 Å². The maximum atomic E-state index is 5.90. The third kappa shape index (κ3) is 4.15. The second kappa shape index (κ2) is 7.80. The molecule has 0 aliphatic carbocycles. The summed E-state index contributed by atoms with van der Waals surface area (Å²) in [6.45, 7) is 10.9. The van der Waals surface area contributed by atoms with Crippen LogP contribution in [0, 0.1) is 13.8 Å². The van der Waals surface area contributed by atoms with E-state index in [0.717, 1.165) is 63.0 Å². The average Bonchev–Trinajstić information content (AvgIpc) is 3.12. The van der Waals surface area contributed by atoms with E-state index in [-0.39, 0.29) is 6.10 Å². The van der Waals surface area contributed by atoms with Crippen molar-refractivity contribution >= 4 is 0 Å². The molecule has 24 heavy (non-hydrogen) atoms. The first-order valence-electron chi connectivity index (χ1n) is 8.62. The number of ether oxygens (including phenoxy) is 1. The molecule has 0 saturated carbocycles. The van der Waals surface area contributed by atoms with Gasteiger partial charge in [0.05, 0.1) is 25.8 Å². The summed E-state index contributed by atoms with van der Waals surface area (Å²) in [4.78, 5) is 6.70. The Labute approximate surface area is 142 Å². The van der Waals surface area contributed by atoms with Gasteiger partial charge in [0, 0.05) is 19.6 Å². The molecule has 2 aromatic rings. The number of rotatable bonds is 7. The molecule has 1 aliphatic heterocycles. The number of tetrazole rings is 1. The Morgan fingerprint density at radius 1 is 1.25 bits per heavy atom. The summed E-state index contributed by atoms with van der Waals surface area (Å²) in [5, 5.41) is 16.5. The molecule has 0 spiro atoms. The Bertz CT molecular complexity index is 652. The predicted molar refractivity (Wildman–Crippen MR) is 87.2 cm³/mol. The zero-order valence-electron chi connectivity index (χ0n) is 14.7. The van der Waals surface area contributed by atoms with Crippen molar-refractivity contribution in [1.29, 1.82) is 0 Å². The van der Waals surface area contributed by atoms with Gasteiger partial charge in [-0.05, 0) is 30.7 Å². The van der Waals surface area contributed by atoms with Gasteiger partial charge in [-0.15, -0.1) is 5.10 Å². The van der Waals surface area contributed by atoms with Crippen LogP contribution in [0.25, 0.3) is 0 Å². The maximum Gasteiger partial charge on any atom is 0.165 e. The van der Waals surface area contributed by atoms with Crippen LogP contribution in [0.1, 0.15) is 37.2 Å². The Balaban J connectivity index is 1.57. The lowest BCUT2D eigenvalue weighted by molar-refractivity contribution is -0.0415. The summed E-state index contributed by atoms with van der Waals surface area (Å²) in [6, 6.07) is 0. The minimum atomic E-state index is 0.110. The van der Waals surface area contributed by atoms with Crippen molar-refractivity contribution in [3.63, 3.8) is 0 Å². The molecule has 9 heteroatoms. The summed E-state index contributed by atoms with van der Waals surface area (Å²) in [5.41, 5.74) is 0. The lowest BCUT2D eigenvalue weighted by atomic mass is 10.2. The van der Waals surface area contributed by atoms with E-state index >= 15 is 0 Å². The third-order valence-electron chi connectivity index (χ3n) is 4.26. The number of aromatic nitrogens is 7. The van der Waals surface area contributed by atoms with Crippen LogP contribution in [0.15, 0.2) is 0 Å². The van der Waals surface area contributed by atoms with Crippen LogP contribution in [0.2, 0.25) is 0 Å². The zero-order chi connectivity index (χ0) is 16.9. The standard InChI is InChI=1S/C15H26N8O/c1-4-5-6-22-15(17-19-20-22)11-21-7-8-24-14(9-21)10-23-13(3)16-12(2)18-23/h14H,4-11H2,1-3H3. The second-order valence-corrected chi connectivity index (χ2v) is 6.29. The van der Waals surface area contributed by atoms with Gasteiger partial charge in [0.1, 0.15) is 11.6 Å². The summed E-state index contributed by atoms with van der Waals surface area (Å²) >= 11 is 0. The highest BCUT2D eigenvalue weighted by Gasteiger charge is 2.23. The normalized spacial score (nSPS) is 19.0. The zero-order valence-corrected chi connectivity index (χ0v) is 14.7. The fourth-order valence-corrected chi connectivity index (χ4v) is 2.98. The molecule has 132 valence electrons. The maximum absolute atomic E-state index is 5.90. The van der Waals surface area contributed by atoms with Crippen LogP contribution in [-0.4, -0.2) is 65.7 Å². The lowest BCUT2D eigenvalue weighted by Gasteiger charge is -2.32. The highest BCUT2D eigenvalue weighted by Crippen LogP contribution is 2.11. The van der Waals surface area contributed by atoms with Crippen LogP contribution in [0.3, 0.4) is 0 Å². The Hall–Kier alpha value is -1.87. The highest BCUT2D eigenvalue weighted by molar-refractivity contribution is 4.89. The van der Waals surface area contributed by atoms with Crippen molar-refractivity contribution in [1.82, 2.24) is 39.9 Å². The summed E-state index contributed by atoms with van der Waals surface area (Å²) in [5.74, 6) is 2.66. The Morgan fingerprint density at radius 2 is 2.12 bits per heavy atom. The van der Waals surface area contributed by atoms with E-state index in [1.807, 2.05) is 23.2 Å². The third-order valence-corrected chi connectivity index (χ3v) is 4.26. The van der Waals surface area contributed by atoms with Crippen LogP contribution in [0.4, 0.5) is 0 Å². The van der Waals surface area contributed by atoms with E-state index < -0.39 is 0 Å². The first-order chi connectivity index (χ1) is 11.7. The second-order valence-electron chi connectivity index (χ2n) is 6.29. The van der Waals surface area contributed by atoms with E-state index in [4.69, 9.17) is 4.74 Å². The molecule has 3 heterocycles. The molecule has 1 atom stereocenters. The number of nitrogens with zero attached hydrogens (tertiary/aromatic N) is 8. The quantitative estimate of drug-likeness (QED) is 0.732. The topological polar surface area (TPSA) is 86.8 Å². The highest BCUT2D eigenvalue weighted by atomic mass is 16.5. The van der Waals surface area contributed by atoms with Crippen molar-refractivity contribution in [2.45, 2.75) is 59.4 Å². The minimum Gasteiger partial charge on any atom is -0.374 e. The molecule has 2 aromatic heterocycles. The fraction of sp³-hybridized carbons (Fsp3) is 0.800. The van der Waals surface area contributed by atoms with Crippen LogP contribution in [-0.2, 0) is 24.4 Å². The molecular formula is C15H26N8O. The lowest BCUT2D eigenvalue weighted by Crippen LogP contribution is -2.44. The molecule has 1 aliphatic rings. The van der Waals surface area contributed by atoms with Gasteiger partial charge in [-0.3, -0.25) is 4.90 Å². The van der Waals surface area contributed by atoms with Gasteiger partial charge in [0.2, 0.25) is 0 Å². The largest absolute Gasteiger partial charge is 0.374 e. The van der Waals surface area contributed by atoms with Gasteiger partial charge >= 0.3 is 0 Å². The van der Waals surface area contributed by atoms with Crippen LogP contribution >= 0.6 is 0 Å². The van der Waals surface area contributed by atoms with Gasteiger partial charge in [-0.25, -0.2) is 14.3 Å². The number of aryl methyl sites for hydroxylation is 3. The Morgan fingerprint density at radius 3 is 2.88 bits per heavy atom. The molecule has 0 bridgehead atoms. The molecular weight excluding hydrogens is 308 g/mol. The average molecular weight is 334 g/mol. The van der Waals surface area contributed by atoms with Crippen molar-refractivity contribution in [3.8, 4) is 0 Å². The van der Waals surface area contributed by atoms with Gasteiger partial charge < -0.3 is 4.74 Å². The molecule has 0 amide bonds. The van der Waals surface area contributed by atoms with Crippen LogP contribution in [0.5, 0.6) is 0 Å². The van der Waals surface area contributed by atoms with Crippen LogP contribution < -0.4 is 0 Å². The molecule has 3 rings (SSSR count). The molecule has 1 fully saturated rings. The molecule has 1 unspecified atom stereocenters. The van der Waals surface area contributed by atoms with Gasteiger partial charge in [-0.1, -0.05) is 13.3 Å². The van der Waals surface area contributed by atoms with Crippen molar-refractivity contribution in [3.05, 3.63) is 17.5 Å². The van der Waals surface area contributed by atoms with E-state index in [9.17, 15) is 0 Å². The van der Waals surface area contributed by atoms with Gasteiger partial charge in [0.25, 0.3) is 0 Å². The summed E-state index contributed by atoms with van der Waals surface area (Å²) < 4.78 is 9.74. The fourth-order valence-electron chi connectivity index (χ4n) is 2.98. The SMILES string of the molecule is CCCCn1nnnc1CN1CCOC(Cn2nc(C)nc2C)C1. The first-order valence-corrected chi connectivity index (χ1v) is 8.62. The number of hydrogen-bond acceptors (Lipinski definition) is 7. The number of unbranched alkanes of at least 4 members (excludes halogenated alkanes) is 1. The predicted octanol–water partition coefficient (Wildman–Crippen LogP) is 0.583. The monoisotopic (exact) mass is 334 g/mol. The number of hydrogen-bond donors (Lipinski definition) is 0. The summed E-state index contributed by atoms with van der Waals surface area (Å²) in [6.07, 6.45) is 2.34. The van der Waals surface area contributed by atoms with Gasteiger partial charge in [0.15, 0.2) is 5.82 Å². The Kier molecular flexibility index (Phi) is 5.52. The number of morpholine rings is 1. The first kappa shape index (κ1) is 17.0. The molecule has 9 nitrogen and oxygen atoms in total. The van der Waals surface area contributed by atoms with E-state index in [0.29, 0.717) is 6.61 Å². The van der Waals surface area contributed by atoms with Gasteiger partial charge in [-0.2, -0.15) is 5.10 Å². The molecule has 0 N–H and O–H groups in total. The summed E-state index contributed by atoms with van der Waals surface area (Å²) in [7, 11) is 0.